The molecule has 19 heavy (non-hydrogen) atoms. The number of benzene rings is 1. The van der Waals surface area contributed by atoms with Crippen molar-refractivity contribution in [3.05, 3.63) is 29.3 Å². The Hall–Kier alpha value is -1.53. The Bertz CT molecular complexity index is 467. The number of piperidine rings is 1. The van der Waals surface area contributed by atoms with Gasteiger partial charge in [0.25, 0.3) is 0 Å². The molecule has 1 aliphatic heterocycles. The zero-order valence-corrected chi connectivity index (χ0v) is 12.2. The van der Waals surface area contributed by atoms with E-state index in [9.17, 15) is 5.26 Å². The summed E-state index contributed by atoms with van der Waals surface area (Å²) in [7, 11) is 4.30. The third-order valence-electron chi connectivity index (χ3n) is 4.11. The number of nitrogens with zero attached hydrogens (tertiary/aromatic N) is 3. The molecular formula is C16H23N3. The molecule has 1 saturated heterocycles. The zero-order chi connectivity index (χ0) is 13.8. The highest BCUT2D eigenvalue weighted by Crippen LogP contribution is 2.26. The first-order chi connectivity index (χ1) is 9.11. The van der Waals surface area contributed by atoms with Crippen molar-refractivity contribution in [3.63, 3.8) is 0 Å². The first-order valence-electron chi connectivity index (χ1n) is 7.01. The summed E-state index contributed by atoms with van der Waals surface area (Å²) >= 11 is 0. The van der Waals surface area contributed by atoms with Crippen LogP contribution in [0.5, 0.6) is 0 Å². The Balaban J connectivity index is 2.08. The lowest BCUT2D eigenvalue weighted by Crippen LogP contribution is -2.36. The quantitative estimate of drug-likeness (QED) is 0.834. The second-order valence-corrected chi connectivity index (χ2v) is 5.71. The number of para-hydroxylation sites is 1. The molecule has 1 fully saturated rings. The monoisotopic (exact) mass is 257 g/mol. The second-order valence-electron chi connectivity index (χ2n) is 5.71. The minimum absolute atomic E-state index is 0.743. The van der Waals surface area contributed by atoms with E-state index in [0.717, 1.165) is 23.7 Å². The molecule has 0 radical (unpaired) electrons. The van der Waals surface area contributed by atoms with Gasteiger partial charge in [0.2, 0.25) is 0 Å². The number of likely N-dealkylation sites (tertiary alicyclic amines) is 1. The molecule has 0 spiro atoms. The van der Waals surface area contributed by atoms with Gasteiger partial charge in [-0.3, -0.25) is 0 Å². The SMILES string of the molecule is Cc1cccc(C#N)c1N(C)CC1CCN(C)CC1. The van der Waals surface area contributed by atoms with E-state index in [1.807, 2.05) is 12.1 Å². The van der Waals surface area contributed by atoms with Crippen LogP contribution in [-0.4, -0.2) is 38.6 Å². The van der Waals surface area contributed by atoms with Crippen LogP contribution in [0.3, 0.4) is 0 Å². The lowest BCUT2D eigenvalue weighted by atomic mass is 9.96. The average Bonchev–Trinajstić information content (AvgIpc) is 2.40. The van der Waals surface area contributed by atoms with E-state index < -0.39 is 0 Å². The summed E-state index contributed by atoms with van der Waals surface area (Å²) in [6, 6.07) is 8.27. The first-order valence-corrected chi connectivity index (χ1v) is 7.01. The van der Waals surface area contributed by atoms with E-state index in [-0.39, 0.29) is 0 Å². The van der Waals surface area contributed by atoms with Crippen LogP contribution < -0.4 is 4.90 Å². The number of rotatable bonds is 3. The van der Waals surface area contributed by atoms with Crippen molar-refractivity contribution < 1.29 is 0 Å². The normalized spacial score (nSPS) is 17.2. The Labute approximate surface area is 116 Å². The highest BCUT2D eigenvalue weighted by molar-refractivity contribution is 5.63. The fourth-order valence-corrected chi connectivity index (χ4v) is 2.98. The number of hydrogen-bond acceptors (Lipinski definition) is 3. The van der Waals surface area contributed by atoms with Gasteiger partial charge in [-0.2, -0.15) is 5.26 Å². The van der Waals surface area contributed by atoms with Gasteiger partial charge in [0.1, 0.15) is 6.07 Å². The molecule has 0 atom stereocenters. The van der Waals surface area contributed by atoms with E-state index in [1.165, 1.54) is 31.5 Å². The lowest BCUT2D eigenvalue weighted by molar-refractivity contribution is 0.222. The molecule has 3 nitrogen and oxygen atoms in total. The molecule has 0 bridgehead atoms. The van der Waals surface area contributed by atoms with Crippen molar-refractivity contribution in [1.82, 2.24) is 4.90 Å². The van der Waals surface area contributed by atoms with E-state index in [2.05, 4.69) is 43.0 Å². The van der Waals surface area contributed by atoms with Crippen LogP contribution in [0, 0.1) is 24.2 Å². The van der Waals surface area contributed by atoms with Gasteiger partial charge in [-0.25, -0.2) is 0 Å². The summed E-state index contributed by atoms with van der Waals surface area (Å²) < 4.78 is 0. The van der Waals surface area contributed by atoms with Crippen LogP contribution in [0.4, 0.5) is 5.69 Å². The zero-order valence-electron chi connectivity index (χ0n) is 12.2. The number of aryl methyl sites for hydroxylation is 1. The fourth-order valence-electron chi connectivity index (χ4n) is 2.98. The Morgan fingerprint density at radius 2 is 2.05 bits per heavy atom. The maximum Gasteiger partial charge on any atom is 0.101 e. The molecule has 3 heteroatoms. The number of hydrogen-bond donors (Lipinski definition) is 0. The molecule has 0 N–H and O–H groups in total. The van der Waals surface area contributed by atoms with Crippen molar-refractivity contribution in [2.24, 2.45) is 5.92 Å². The Morgan fingerprint density at radius 1 is 1.37 bits per heavy atom. The molecule has 102 valence electrons. The van der Waals surface area contributed by atoms with Gasteiger partial charge in [0, 0.05) is 13.6 Å². The summed E-state index contributed by atoms with van der Waals surface area (Å²) in [5, 5.41) is 9.25. The summed E-state index contributed by atoms with van der Waals surface area (Å²) in [5.41, 5.74) is 3.08. The van der Waals surface area contributed by atoms with Crippen LogP contribution in [0.15, 0.2) is 18.2 Å². The predicted octanol–water partition coefficient (Wildman–Crippen LogP) is 2.64. The van der Waals surface area contributed by atoms with Crippen molar-refractivity contribution in [2.75, 3.05) is 38.6 Å². The van der Waals surface area contributed by atoms with Crippen LogP contribution in [-0.2, 0) is 0 Å². The third-order valence-corrected chi connectivity index (χ3v) is 4.11. The molecule has 1 aliphatic rings. The predicted molar refractivity (Wildman–Crippen MR) is 79.4 cm³/mol. The average molecular weight is 257 g/mol. The lowest BCUT2D eigenvalue weighted by Gasteiger charge is -2.33. The van der Waals surface area contributed by atoms with Crippen molar-refractivity contribution >= 4 is 5.69 Å². The largest absolute Gasteiger partial charge is 0.373 e. The molecule has 0 aromatic heterocycles. The smallest absolute Gasteiger partial charge is 0.101 e. The first kappa shape index (κ1) is 13.9. The van der Waals surface area contributed by atoms with Gasteiger partial charge in [0.05, 0.1) is 11.3 Å². The topological polar surface area (TPSA) is 30.3 Å². The molecule has 1 aromatic carbocycles. The Morgan fingerprint density at radius 3 is 2.68 bits per heavy atom. The van der Waals surface area contributed by atoms with Crippen LogP contribution in [0.2, 0.25) is 0 Å². The highest BCUT2D eigenvalue weighted by atomic mass is 15.1. The minimum atomic E-state index is 0.743. The number of anilines is 1. The summed E-state index contributed by atoms with van der Waals surface area (Å²) in [5.74, 6) is 0.743. The molecule has 0 saturated carbocycles. The molecule has 1 heterocycles. The maximum atomic E-state index is 9.25. The second kappa shape index (κ2) is 6.08. The van der Waals surface area contributed by atoms with Gasteiger partial charge >= 0.3 is 0 Å². The van der Waals surface area contributed by atoms with E-state index in [1.54, 1.807) is 0 Å². The minimum Gasteiger partial charge on any atom is -0.373 e. The molecule has 1 aromatic rings. The summed E-state index contributed by atoms with van der Waals surface area (Å²) in [4.78, 5) is 4.66. The fraction of sp³-hybridized carbons (Fsp3) is 0.562. The van der Waals surface area contributed by atoms with Crippen molar-refractivity contribution in [1.29, 1.82) is 5.26 Å². The van der Waals surface area contributed by atoms with Gasteiger partial charge in [-0.1, -0.05) is 12.1 Å². The van der Waals surface area contributed by atoms with Crippen molar-refractivity contribution in [3.8, 4) is 6.07 Å². The third kappa shape index (κ3) is 3.27. The van der Waals surface area contributed by atoms with Gasteiger partial charge in [-0.05, 0) is 57.5 Å². The molecule has 0 unspecified atom stereocenters. The molecule has 2 rings (SSSR count). The van der Waals surface area contributed by atoms with E-state index in [0.29, 0.717) is 0 Å². The van der Waals surface area contributed by atoms with Gasteiger partial charge in [0.15, 0.2) is 0 Å². The van der Waals surface area contributed by atoms with Crippen LogP contribution in [0.25, 0.3) is 0 Å². The Kier molecular flexibility index (Phi) is 4.44. The van der Waals surface area contributed by atoms with E-state index in [4.69, 9.17) is 0 Å². The molecule has 0 aliphatic carbocycles. The van der Waals surface area contributed by atoms with E-state index >= 15 is 0 Å². The molecule has 0 amide bonds. The van der Waals surface area contributed by atoms with Crippen LogP contribution >= 0.6 is 0 Å². The standard InChI is InChI=1S/C16H23N3/c1-13-5-4-6-15(11-17)16(13)19(3)12-14-7-9-18(2)10-8-14/h4-6,14H,7-10,12H2,1-3H3. The van der Waals surface area contributed by atoms with Crippen molar-refractivity contribution in [2.45, 2.75) is 19.8 Å². The molecular weight excluding hydrogens is 234 g/mol. The summed E-state index contributed by atoms with van der Waals surface area (Å²) in [6.45, 7) is 5.52. The van der Waals surface area contributed by atoms with Gasteiger partial charge < -0.3 is 9.80 Å². The highest BCUT2D eigenvalue weighted by Gasteiger charge is 2.20. The number of nitriles is 1. The van der Waals surface area contributed by atoms with Gasteiger partial charge in [-0.15, -0.1) is 0 Å². The summed E-state index contributed by atoms with van der Waals surface area (Å²) in [6.07, 6.45) is 2.52. The van der Waals surface area contributed by atoms with Crippen LogP contribution in [0.1, 0.15) is 24.0 Å². The maximum absolute atomic E-state index is 9.25.